The quantitative estimate of drug-likeness (QED) is 0.773. The number of aryl methyl sites for hydroxylation is 1. The van der Waals surface area contributed by atoms with Crippen LogP contribution in [0.3, 0.4) is 0 Å². The number of aromatic nitrogens is 2. The summed E-state index contributed by atoms with van der Waals surface area (Å²) in [5.74, 6) is 1.56. The largest absolute Gasteiger partial charge is 0.370 e. The number of piperidine rings is 1. The van der Waals surface area contributed by atoms with Crippen molar-refractivity contribution in [1.29, 1.82) is 0 Å². The van der Waals surface area contributed by atoms with Crippen LogP contribution in [0.25, 0.3) is 0 Å². The van der Waals surface area contributed by atoms with E-state index in [1.54, 1.807) is 0 Å². The van der Waals surface area contributed by atoms with Gasteiger partial charge in [-0.05, 0) is 32.9 Å². The second-order valence-corrected chi connectivity index (χ2v) is 4.61. The summed E-state index contributed by atoms with van der Waals surface area (Å²) < 4.78 is 5.42. The van der Waals surface area contributed by atoms with E-state index in [9.17, 15) is 0 Å². The molecule has 1 aromatic heterocycles. The van der Waals surface area contributed by atoms with Gasteiger partial charge >= 0.3 is 0 Å². The van der Waals surface area contributed by atoms with Crippen molar-refractivity contribution >= 4 is 0 Å². The molecule has 0 aromatic carbocycles. The zero-order valence-electron chi connectivity index (χ0n) is 9.62. The lowest BCUT2D eigenvalue weighted by Crippen LogP contribution is -2.27. The van der Waals surface area contributed by atoms with Gasteiger partial charge in [-0.1, -0.05) is 0 Å². The summed E-state index contributed by atoms with van der Waals surface area (Å²) in [4.78, 5) is 9.32. The third kappa shape index (κ3) is 1.72. The van der Waals surface area contributed by atoms with Crippen molar-refractivity contribution in [1.82, 2.24) is 15.3 Å². The predicted molar refractivity (Wildman–Crippen MR) is 60.1 cm³/mol. The first-order valence-electron chi connectivity index (χ1n) is 5.99. The van der Waals surface area contributed by atoms with Crippen LogP contribution in [0, 0.1) is 6.92 Å². The minimum absolute atomic E-state index is 0.533. The number of nitrogens with one attached hydrogen (secondary N) is 1. The zero-order chi connectivity index (χ0) is 11.0. The fourth-order valence-corrected chi connectivity index (χ4v) is 2.50. The van der Waals surface area contributed by atoms with Crippen molar-refractivity contribution in [2.24, 2.45) is 0 Å². The molecule has 86 valence electrons. The molecule has 0 aliphatic carbocycles. The highest BCUT2D eigenvalue weighted by atomic mass is 16.5. The molecule has 2 aliphatic heterocycles. The zero-order valence-corrected chi connectivity index (χ0v) is 9.62. The molecule has 3 heterocycles. The summed E-state index contributed by atoms with van der Waals surface area (Å²) in [6, 6.07) is 0. The molecule has 4 nitrogen and oxygen atoms in total. The van der Waals surface area contributed by atoms with E-state index in [0.717, 1.165) is 43.1 Å². The molecule has 16 heavy (non-hydrogen) atoms. The van der Waals surface area contributed by atoms with Crippen molar-refractivity contribution in [3.63, 3.8) is 0 Å². The van der Waals surface area contributed by atoms with Gasteiger partial charge in [-0.2, -0.15) is 0 Å². The van der Waals surface area contributed by atoms with Gasteiger partial charge in [-0.15, -0.1) is 0 Å². The molecule has 1 saturated heterocycles. The van der Waals surface area contributed by atoms with Crippen LogP contribution in [-0.4, -0.2) is 23.1 Å². The first kappa shape index (κ1) is 10.2. The molecule has 4 heteroatoms. The van der Waals surface area contributed by atoms with Crippen LogP contribution in [0.4, 0.5) is 0 Å². The number of rotatable bonds is 1. The van der Waals surface area contributed by atoms with E-state index in [0.29, 0.717) is 19.1 Å². The Kier molecular flexibility index (Phi) is 2.61. The summed E-state index contributed by atoms with van der Waals surface area (Å²) >= 11 is 0. The topological polar surface area (TPSA) is 47.0 Å². The Balaban J connectivity index is 1.92. The van der Waals surface area contributed by atoms with Crippen LogP contribution in [0.5, 0.6) is 0 Å². The van der Waals surface area contributed by atoms with Gasteiger partial charge in [0.1, 0.15) is 5.82 Å². The van der Waals surface area contributed by atoms with Crippen LogP contribution in [0.1, 0.15) is 41.5 Å². The minimum Gasteiger partial charge on any atom is -0.370 e. The number of nitrogens with zero attached hydrogens (tertiary/aromatic N) is 2. The SMILES string of the molecule is Cc1nc(C2CCNCC2)nc2c1COC2. The maximum Gasteiger partial charge on any atom is 0.132 e. The van der Waals surface area contributed by atoms with E-state index in [1.165, 1.54) is 5.56 Å². The van der Waals surface area contributed by atoms with Crippen molar-refractivity contribution in [2.45, 2.75) is 38.9 Å². The average Bonchev–Trinajstić information content (AvgIpc) is 2.79. The van der Waals surface area contributed by atoms with E-state index in [1.807, 2.05) is 0 Å². The number of fused-ring (bicyclic) bond motifs is 1. The van der Waals surface area contributed by atoms with Crippen LogP contribution in [0.15, 0.2) is 0 Å². The summed E-state index contributed by atoms with van der Waals surface area (Å²) in [6.45, 7) is 5.59. The Morgan fingerprint density at radius 1 is 1.19 bits per heavy atom. The second kappa shape index (κ2) is 4.11. The standard InChI is InChI=1S/C12H17N3O/c1-8-10-6-16-7-11(10)15-12(14-8)9-2-4-13-5-3-9/h9,13H,2-7H2,1H3. The van der Waals surface area contributed by atoms with Gasteiger partial charge in [-0.3, -0.25) is 0 Å². The lowest BCUT2D eigenvalue weighted by Gasteiger charge is -2.22. The van der Waals surface area contributed by atoms with Crippen molar-refractivity contribution in [3.8, 4) is 0 Å². The molecule has 0 atom stereocenters. The fraction of sp³-hybridized carbons (Fsp3) is 0.667. The molecule has 3 rings (SSSR count). The number of ether oxygens (including phenoxy) is 1. The first-order chi connectivity index (χ1) is 7.84. The Labute approximate surface area is 95.4 Å². The Morgan fingerprint density at radius 2 is 2.00 bits per heavy atom. The maximum atomic E-state index is 5.42. The molecule has 2 aliphatic rings. The lowest BCUT2D eigenvalue weighted by molar-refractivity contribution is 0.133. The highest BCUT2D eigenvalue weighted by Crippen LogP contribution is 2.26. The lowest BCUT2D eigenvalue weighted by atomic mass is 9.97. The van der Waals surface area contributed by atoms with E-state index in [-0.39, 0.29) is 0 Å². The van der Waals surface area contributed by atoms with Crippen LogP contribution in [0.2, 0.25) is 0 Å². The molecule has 0 unspecified atom stereocenters. The molecule has 0 saturated carbocycles. The van der Waals surface area contributed by atoms with Gasteiger partial charge in [0.2, 0.25) is 0 Å². The monoisotopic (exact) mass is 219 g/mol. The Hall–Kier alpha value is -1.00. The number of hydrogen-bond acceptors (Lipinski definition) is 4. The van der Waals surface area contributed by atoms with Crippen molar-refractivity contribution in [3.05, 3.63) is 22.8 Å². The van der Waals surface area contributed by atoms with E-state index >= 15 is 0 Å². The van der Waals surface area contributed by atoms with Gasteiger partial charge in [-0.25, -0.2) is 9.97 Å². The summed E-state index contributed by atoms with van der Waals surface area (Å²) in [5, 5.41) is 3.37. The van der Waals surface area contributed by atoms with Gasteiger partial charge in [0, 0.05) is 17.2 Å². The van der Waals surface area contributed by atoms with Gasteiger partial charge in [0.15, 0.2) is 0 Å². The maximum absolute atomic E-state index is 5.42. The third-order valence-corrected chi connectivity index (χ3v) is 3.51. The number of hydrogen-bond donors (Lipinski definition) is 1. The highest BCUT2D eigenvalue weighted by molar-refractivity contribution is 5.27. The van der Waals surface area contributed by atoms with E-state index in [2.05, 4.69) is 22.2 Å². The highest BCUT2D eigenvalue weighted by Gasteiger charge is 2.22. The van der Waals surface area contributed by atoms with Crippen molar-refractivity contribution in [2.75, 3.05) is 13.1 Å². The molecule has 1 N–H and O–H groups in total. The Morgan fingerprint density at radius 3 is 2.81 bits per heavy atom. The molecule has 0 amide bonds. The summed E-state index contributed by atoms with van der Waals surface area (Å²) in [5.41, 5.74) is 3.43. The van der Waals surface area contributed by atoms with Gasteiger partial charge < -0.3 is 10.1 Å². The Bertz CT molecular complexity index is 399. The second-order valence-electron chi connectivity index (χ2n) is 4.61. The molecule has 1 fully saturated rings. The van der Waals surface area contributed by atoms with Gasteiger partial charge in [0.05, 0.1) is 18.9 Å². The van der Waals surface area contributed by atoms with E-state index < -0.39 is 0 Å². The third-order valence-electron chi connectivity index (χ3n) is 3.51. The van der Waals surface area contributed by atoms with Gasteiger partial charge in [0.25, 0.3) is 0 Å². The van der Waals surface area contributed by atoms with Crippen molar-refractivity contribution < 1.29 is 4.74 Å². The van der Waals surface area contributed by atoms with E-state index in [4.69, 9.17) is 4.74 Å². The molecule has 0 radical (unpaired) electrons. The first-order valence-corrected chi connectivity index (χ1v) is 5.99. The predicted octanol–water partition coefficient (Wildman–Crippen LogP) is 1.28. The summed E-state index contributed by atoms with van der Waals surface area (Å²) in [6.07, 6.45) is 2.30. The molecular weight excluding hydrogens is 202 g/mol. The smallest absolute Gasteiger partial charge is 0.132 e. The van der Waals surface area contributed by atoms with Crippen LogP contribution >= 0.6 is 0 Å². The summed E-state index contributed by atoms with van der Waals surface area (Å²) in [7, 11) is 0. The minimum atomic E-state index is 0.533. The van der Waals surface area contributed by atoms with Crippen LogP contribution < -0.4 is 5.32 Å². The molecule has 0 bridgehead atoms. The normalized spacial score (nSPS) is 21.1. The molecule has 0 spiro atoms. The average molecular weight is 219 g/mol. The molecular formula is C12H17N3O. The molecule has 1 aromatic rings. The fourth-order valence-electron chi connectivity index (χ4n) is 2.50. The van der Waals surface area contributed by atoms with Crippen LogP contribution in [-0.2, 0) is 18.0 Å².